The van der Waals surface area contributed by atoms with Crippen molar-refractivity contribution in [3.8, 4) is 0 Å². The molecular weight excluding hydrogens is 270 g/mol. The third-order valence-corrected chi connectivity index (χ3v) is 3.12. The maximum Gasteiger partial charge on any atom is 0.277 e. The van der Waals surface area contributed by atoms with Crippen molar-refractivity contribution in [1.82, 2.24) is 14.5 Å². The Labute approximate surface area is 99.0 Å². The van der Waals surface area contributed by atoms with E-state index in [9.17, 15) is 4.79 Å². The van der Waals surface area contributed by atoms with E-state index in [1.165, 1.54) is 4.57 Å². The number of nitrogens with one attached hydrogen (secondary N) is 1. The van der Waals surface area contributed by atoms with Gasteiger partial charge in [-0.1, -0.05) is 15.9 Å². The number of fused-ring (bicyclic) bond motifs is 3. The van der Waals surface area contributed by atoms with Crippen LogP contribution in [0.25, 0.3) is 21.9 Å². The fourth-order valence-corrected chi connectivity index (χ4v) is 2.17. The van der Waals surface area contributed by atoms with E-state index in [4.69, 9.17) is 0 Å². The van der Waals surface area contributed by atoms with Gasteiger partial charge in [-0.05, 0) is 18.2 Å². The molecule has 1 N–H and O–H groups in total. The lowest BCUT2D eigenvalue weighted by molar-refractivity contribution is 0.841. The van der Waals surface area contributed by atoms with Crippen LogP contribution < -0.4 is 5.56 Å². The van der Waals surface area contributed by atoms with Crippen LogP contribution in [0.4, 0.5) is 0 Å². The Morgan fingerprint density at radius 3 is 3.06 bits per heavy atom. The predicted octanol–water partition coefficient (Wildman–Crippen LogP) is 2.18. The fraction of sp³-hybridized carbons (Fsp3) is 0.0909. The van der Waals surface area contributed by atoms with Crippen LogP contribution in [-0.2, 0) is 7.05 Å². The van der Waals surface area contributed by atoms with E-state index in [-0.39, 0.29) is 5.56 Å². The molecule has 0 amide bonds. The highest BCUT2D eigenvalue weighted by Crippen LogP contribution is 2.24. The van der Waals surface area contributed by atoms with Crippen molar-refractivity contribution in [1.29, 1.82) is 0 Å². The first-order valence-corrected chi connectivity index (χ1v) is 5.58. The van der Waals surface area contributed by atoms with Crippen LogP contribution in [0, 0.1) is 0 Å². The molecule has 2 aromatic heterocycles. The zero-order valence-electron chi connectivity index (χ0n) is 8.49. The Kier molecular flexibility index (Phi) is 1.91. The van der Waals surface area contributed by atoms with Crippen molar-refractivity contribution in [2.24, 2.45) is 7.05 Å². The van der Waals surface area contributed by atoms with Crippen molar-refractivity contribution < 1.29 is 0 Å². The van der Waals surface area contributed by atoms with E-state index in [2.05, 4.69) is 25.9 Å². The van der Waals surface area contributed by atoms with Gasteiger partial charge in [0.05, 0.1) is 6.33 Å². The average Bonchev–Trinajstić information content (AvgIpc) is 2.62. The Bertz CT molecular complexity index is 757. The summed E-state index contributed by atoms with van der Waals surface area (Å²) >= 11 is 3.41. The van der Waals surface area contributed by atoms with Gasteiger partial charge in [-0.2, -0.15) is 0 Å². The molecule has 3 rings (SSSR count). The maximum atomic E-state index is 11.9. The Morgan fingerprint density at radius 2 is 2.25 bits per heavy atom. The molecule has 0 unspecified atom stereocenters. The van der Waals surface area contributed by atoms with Crippen LogP contribution in [-0.4, -0.2) is 14.5 Å². The number of halogens is 1. The second-order valence-corrected chi connectivity index (χ2v) is 4.61. The molecule has 80 valence electrons. The standard InChI is InChI=1S/C11H8BrN3O/c1-15-5-13-9-7-4-6(12)2-3-8(7)14-10(9)11(15)16/h2-5,14H,1H3. The number of H-pyrrole nitrogens is 1. The normalized spacial score (nSPS) is 11.4. The highest BCUT2D eigenvalue weighted by atomic mass is 79.9. The zero-order chi connectivity index (χ0) is 11.3. The monoisotopic (exact) mass is 277 g/mol. The summed E-state index contributed by atoms with van der Waals surface area (Å²) in [5, 5.41) is 0.960. The smallest absolute Gasteiger partial charge is 0.277 e. The van der Waals surface area contributed by atoms with Crippen LogP contribution in [0.3, 0.4) is 0 Å². The molecular formula is C11H8BrN3O. The molecule has 0 bridgehead atoms. The summed E-state index contributed by atoms with van der Waals surface area (Å²) in [5.74, 6) is 0. The SMILES string of the molecule is Cn1cnc2c([nH]c3ccc(Br)cc32)c1=O. The minimum Gasteiger partial charge on any atom is -0.349 e. The van der Waals surface area contributed by atoms with Crippen molar-refractivity contribution in [2.45, 2.75) is 0 Å². The van der Waals surface area contributed by atoms with Gasteiger partial charge in [-0.15, -0.1) is 0 Å². The lowest BCUT2D eigenvalue weighted by Gasteiger charge is -1.94. The lowest BCUT2D eigenvalue weighted by atomic mass is 10.2. The van der Waals surface area contributed by atoms with E-state index < -0.39 is 0 Å². The number of benzene rings is 1. The van der Waals surface area contributed by atoms with E-state index >= 15 is 0 Å². The lowest BCUT2D eigenvalue weighted by Crippen LogP contribution is -2.16. The van der Waals surface area contributed by atoms with Crippen LogP contribution in [0.2, 0.25) is 0 Å². The van der Waals surface area contributed by atoms with Crippen LogP contribution in [0.1, 0.15) is 0 Å². The summed E-state index contributed by atoms with van der Waals surface area (Å²) in [7, 11) is 1.69. The topological polar surface area (TPSA) is 50.7 Å². The number of hydrogen-bond donors (Lipinski definition) is 1. The van der Waals surface area contributed by atoms with Gasteiger partial charge in [0.15, 0.2) is 0 Å². The molecule has 5 heteroatoms. The Morgan fingerprint density at radius 1 is 1.44 bits per heavy atom. The molecule has 3 aromatic rings. The van der Waals surface area contributed by atoms with Crippen LogP contribution in [0.5, 0.6) is 0 Å². The molecule has 4 nitrogen and oxygen atoms in total. The Balaban J connectivity index is 2.61. The fourth-order valence-electron chi connectivity index (χ4n) is 1.81. The van der Waals surface area contributed by atoms with Crippen molar-refractivity contribution >= 4 is 37.9 Å². The summed E-state index contributed by atoms with van der Waals surface area (Å²) in [6, 6.07) is 5.82. The number of aryl methyl sites for hydroxylation is 1. The van der Waals surface area contributed by atoms with Gasteiger partial charge in [0, 0.05) is 22.4 Å². The molecule has 0 radical (unpaired) electrons. The number of aromatic amines is 1. The van der Waals surface area contributed by atoms with Crippen LogP contribution >= 0.6 is 15.9 Å². The highest BCUT2D eigenvalue weighted by molar-refractivity contribution is 9.10. The molecule has 0 atom stereocenters. The largest absolute Gasteiger partial charge is 0.349 e. The average molecular weight is 278 g/mol. The first kappa shape index (κ1) is 9.59. The number of rotatable bonds is 0. The first-order valence-electron chi connectivity index (χ1n) is 4.79. The molecule has 0 fully saturated rings. The number of nitrogens with zero attached hydrogens (tertiary/aromatic N) is 2. The summed E-state index contributed by atoms with van der Waals surface area (Å²) < 4.78 is 2.44. The first-order chi connectivity index (χ1) is 7.66. The molecule has 16 heavy (non-hydrogen) atoms. The summed E-state index contributed by atoms with van der Waals surface area (Å²) in [4.78, 5) is 19.2. The summed E-state index contributed by atoms with van der Waals surface area (Å²) in [6.45, 7) is 0. The molecule has 0 spiro atoms. The zero-order valence-corrected chi connectivity index (χ0v) is 10.1. The van der Waals surface area contributed by atoms with Gasteiger partial charge in [-0.3, -0.25) is 4.79 Å². The van der Waals surface area contributed by atoms with Gasteiger partial charge in [0.25, 0.3) is 5.56 Å². The van der Waals surface area contributed by atoms with Crippen molar-refractivity contribution in [2.75, 3.05) is 0 Å². The van der Waals surface area contributed by atoms with Gasteiger partial charge < -0.3 is 9.55 Å². The molecule has 2 heterocycles. The van der Waals surface area contributed by atoms with E-state index in [0.717, 1.165) is 20.9 Å². The molecule has 0 aliphatic heterocycles. The molecule has 0 saturated carbocycles. The minimum absolute atomic E-state index is 0.0580. The molecule has 0 saturated heterocycles. The second kappa shape index (κ2) is 3.18. The maximum absolute atomic E-state index is 11.9. The number of aromatic nitrogens is 3. The third-order valence-electron chi connectivity index (χ3n) is 2.63. The van der Waals surface area contributed by atoms with E-state index in [1.54, 1.807) is 13.4 Å². The highest BCUT2D eigenvalue weighted by Gasteiger charge is 2.09. The van der Waals surface area contributed by atoms with Crippen molar-refractivity contribution in [3.63, 3.8) is 0 Å². The second-order valence-electron chi connectivity index (χ2n) is 3.70. The van der Waals surface area contributed by atoms with Gasteiger partial charge in [0.1, 0.15) is 11.0 Å². The van der Waals surface area contributed by atoms with Crippen molar-refractivity contribution in [3.05, 3.63) is 39.4 Å². The van der Waals surface area contributed by atoms with Crippen LogP contribution in [0.15, 0.2) is 33.8 Å². The third kappa shape index (κ3) is 1.21. The quantitative estimate of drug-likeness (QED) is 0.685. The van der Waals surface area contributed by atoms with Gasteiger partial charge >= 0.3 is 0 Å². The van der Waals surface area contributed by atoms with Gasteiger partial charge in [0.2, 0.25) is 0 Å². The Hall–Kier alpha value is -1.62. The summed E-state index contributed by atoms with van der Waals surface area (Å²) in [5.41, 5.74) is 2.14. The predicted molar refractivity (Wildman–Crippen MR) is 66.5 cm³/mol. The van der Waals surface area contributed by atoms with E-state index in [0.29, 0.717) is 5.52 Å². The molecule has 0 aliphatic rings. The van der Waals surface area contributed by atoms with Gasteiger partial charge in [-0.25, -0.2) is 4.98 Å². The minimum atomic E-state index is -0.0580. The molecule has 0 aliphatic carbocycles. The van der Waals surface area contributed by atoms with E-state index in [1.807, 2.05) is 18.2 Å². The number of hydrogen-bond acceptors (Lipinski definition) is 2. The molecule has 1 aromatic carbocycles. The summed E-state index contributed by atoms with van der Waals surface area (Å²) in [6.07, 6.45) is 1.54.